The summed E-state index contributed by atoms with van der Waals surface area (Å²) in [7, 11) is 1.93. The average molecular weight is 310 g/mol. The highest BCUT2D eigenvalue weighted by molar-refractivity contribution is 6.33. The lowest BCUT2D eigenvalue weighted by molar-refractivity contribution is -0.131. The lowest BCUT2D eigenvalue weighted by Crippen LogP contribution is -2.24. The fraction of sp³-hybridized carbons (Fsp3) is 0.438. The number of rotatable bonds is 8. The summed E-state index contributed by atoms with van der Waals surface area (Å²) in [6, 6.07) is 5.46. The Balaban J connectivity index is 1.99. The Morgan fingerprint density at radius 1 is 1.52 bits per heavy atom. The SMILES string of the molecule is CN(CCOCC1CC1)c1c(Cl)cccc1/C=C/C(=O)O. The molecular formula is C16H20ClNO3. The summed E-state index contributed by atoms with van der Waals surface area (Å²) in [4.78, 5) is 12.7. The minimum absolute atomic E-state index is 0.604. The molecule has 1 aliphatic rings. The number of hydrogen-bond donors (Lipinski definition) is 1. The van der Waals surface area contributed by atoms with Crippen LogP contribution in [0.1, 0.15) is 18.4 Å². The summed E-state index contributed by atoms with van der Waals surface area (Å²) in [6.07, 6.45) is 5.24. The molecule has 1 aliphatic carbocycles. The number of halogens is 1. The first-order valence-electron chi connectivity index (χ1n) is 7.06. The van der Waals surface area contributed by atoms with Crippen LogP contribution in [0.4, 0.5) is 5.69 Å². The molecule has 0 heterocycles. The highest BCUT2D eigenvalue weighted by Crippen LogP contribution is 2.30. The van der Waals surface area contributed by atoms with Crippen LogP contribution >= 0.6 is 11.6 Å². The standard InChI is InChI=1S/C16H20ClNO3/c1-18(9-10-21-11-12-5-6-12)16-13(7-8-15(19)20)3-2-4-14(16)17/h2-4,7-8,12H,5-6,9-11H2,1H3,(H,19,20)/b8-7+. The zero-order valence-electron chi connectivity index (χ0n) is 12.1. The fourth-order valence-corrected chi connectivity index (χ4v) is 2.40. The van der Waals surface area contributed by atoms with E-state index in [0.29, 0.717) is 18.2 Å². The van der Waals surface area contributed by atoms with Gasteiger partial charge in [0.15, 0.2) is 0 Å². The maximum absolute atomic E-state index is 10.7. The second-order valence-electron chi connectivity index (χ2n) is 5.29. The molecule has 0 saturated heterocycles. The number of likely N-dealkylation sites (N-methyl/N-ethyl adjacent to an activating group) is 1. The van der Waals surface area contributed by atoms with Crippen molar-refractivity contribution in [1.82, 2.24) is 0 Å². The number of hydrogen-bond acceptors (Lipinski definition) is 3. The lowest BCUT2D eigenvalue weighted by atomic mass is 10.1. The summed E-state index contributed by atoms with van der Waals surface area (Å²) in [5.74, 6) is -0.221. The Morgan fingerprint density at radius 3 is 2.95 bits per heavy atom. The van der Waals surface area contributed by atoms with Crippen molar-refractivity contribution in [2.45, 2.75) is 12.8 Å². The molecule has 4 nitrogen and oxygen atoms in total. The third-order valence-corrected chi connectivity index (χ3v) is 3.73. The van der Waals surface area contributed by atoms with E-state index in [0.717, 1.165) is 29.9 Å². The third kappa shape index (κ3) is 5.06. The number of ether oxygens (including phenoxy) is 1. The molecule has 1 fully saturated rings. The average Bonchev–Trinajstić information content (AvgIpc) is 3.25. The molecule has 0 unspecified atom stereocenters. The molecule has 1 N–H and O–H groups in total. The van der Waals surface area contributed by atoms with Crippen molar-refractivity contribution in [2.75, 3.05) is 31.7 Å². The molecule has 0 spiro atoms. The highest BCUT2D eigenvalue weighted by atomic mass is 35.5. The van der Waals surface area contributed by atoms with Crippen LogP contribution in [0.2, 0.25) is 5.02 Å². The normalized spacial score (nSPS) is 14.6. The molecule has 1 aromatic carbocycles. The Labute approximate surface area is 130 Å². The first-order chi connectivity index (χ1) is 10.1. The van der Waals surface area contributed by atoms with E-state index < -0.39 is 5.97 Å². The minimum Gasteiger partial charge on any atom is -0.478 e. The van der Waals surface area contributed by atoms with E-state index in [1.807, 2.05) is 24.1 Å². The van der Waals surface area contributed by atoms with Gasteiger partial charge in [0.2, 0.25) is 0 Å². The molecule has 2 rings (SSSR count). The second kappa shape index (κ2) is 7.48. The van der Waals surface area contributed by atoms with E-state index in [2.05, 4.69) is 0 Å². The van der Waals surface area contributed by atoms with Crippen LogP contribution < -0.4 is 4.90 Å². The first-order valence-corrected chi connectivity index (χ1v) is 7.44. The maximum atomic E-state index is 10.7. The number of nitrogens with zero attached hydrogens (tertiary/aromatic N) is 1. The Kier molecular flexibility index (Phi) is 5.65. The molecule has 0 amide bonds. The van der Waals surface area contributed by atoms with Gasteiger partial charge in [-0.1, -0.05) is 23.7 Å². The zero-order chi connectivity index (χ0) is 15.2. The Hall–Kier alpha value is -1.52. The number of anilines is 1. The number of carbonyl (C=O) groups is 1. The minimum atomic E-state index is -0.976. The number of benzene rings is 1. The number of carboxylic acids is 1. The van der Waals surface area contributed by atoms with Gasteiger partial charge in [0.25, 0.3) is 0 Å². The molecule has 114 valence electrons. The predicted molar refractivity (Wildman–Crippen MR) is 84.9 cm³/mol. The van der Waals surface area contributed by atoms with Gasteiger partial charge >= 0.3 is 5.97 Å². The van der Waals surface area contributed by atoms with Gasteiger partial charge in [0.05, 0.1) is 17.3 Å². The van der Waals surface area contributed by atoms with Crippen LogP contribution in [0.25, 0.3) is 6.08 Å². The first kappa shape index (κ1) is 15.9. The molecule has 21 heavy (non-hydrogen) atoms. The van der Waals surface area contributed by atoms with E-state index in [-0.39, 0.29) is 0 Å². The monoisotopic (exact) mass is 309 g/mol. The number of carboxylic acid groups (broad SMARTS) is 1. The summed E-state index contributed by atoms with van der Waals surface area (Å²) in [5, 5.41) is 9.36. The van der Waals surface area contributed by atoms with Crippen molar-refractivity contribution in [3.63, 3.8) is 0 Å². The van der Waals surface area contributed by atoms with Crippen LogP contribution in [-0.4, -0.2) is 37.9 Å². The Morgan fingerprint density at radius 2 is 2.29 bits per heavy atom. The predicted octanol–water partition coefficient (Wildman–Crippen LogP) is 3.30. The van der Waals surface area contributed by atoms with Gasteiger partial charge < -0.3 is 14.7 Å². The van der Waals surface area contributed by atoms with Crippen molar-refractivity contribution in [1.29, 1.82) is 0 Å². The summed E-state index contributed by atoms with van der Waals surface area (Å²) < 4.78 is 5.63. The van der Waals surface area contributed by atoms with E-state index >= 15 is 0 Å². The molecule has 0 aromatic heterocycles. The molecule has 1 aromatic rings. The van der Waals surface area contributed by atoms with Crippen molar-refractivity contribution in [3.05, 3.63) is 34.9 Å². The van der Waals surface area contributed by atoms with Gasteiger partial charge in [-0.2, -0.15) is 0 Å². The third-order valence-electron chi connectivity index (χ3n) is 3.43. The molecule has 0 atom stereocenters. The van der Waals surface area contributed by atoms with Crippen LogP contribution in [-0.2, 0) is 9.53 Å². The molecular weight excluding hydrogens is 290 g/mol. The number of para-hydroxylation sites is 1. The van der Waals surface area contributed by atoms with E-state index in [1.165, 1.54) is 12.8 Å². The van der Waals surface area contributed by atoms with Crippen molar-refractivity contribution in [2.24, 2.45) is 5.92 Å². The smallest absolute Gasteiger partial charge is 0.328 e. The van der Waals surface area contributed by atoms with Gasteiger partial charge in [-0.3, -0.25) is 0 Å². The molecule has 1 saturated carbocycles. The number of aliphatic carboxylic acids is 1. The van der Waals surface area contributed by atoms with Gasteiger partial charge in [0, 0.05) is 26.3 Å². The van der Waals surface area contributed by atoms with E-state index in [1.54, 1.807) is 12.1 Å². The van der Waals surface area contributed by atoms with Gasteiger partial charge in [-0.05, 0) is 36.5 Å². The van der Waals surface area contributed by atoms with Gasteiger partial charge in [-0.15, -0.1) is 0 Å². The van der Waals surface area contributed by atoms with Crippen LogP contribution in [0.15, 0.2) is 24.3 Å². The summed E-state index contributed by atoms with van der Waals surface area (Å²) >= 11 is 6.25. The van der Waals surface area contributed by atoms with Crippen LogP contribution in [0.3, 0.4) is 0 Å². The van der Waals surface area contributed by atoms with E-state index in [4.69, 9.17) is 21.4 Å². The van der Waals surface area contributed by atoms with Gasteiger partial charge in [-0.25, -0.2) is 4.79 Å². The largest absolute Gasteiger partial charge is 0.478 e. The highest BCUT2D eigenvalue weighted by Gasteiger charge is 2.21. The maximum Gasteiger partial charge on any atom is 0.328 e. The van der Waals surface area contributed by atoms with E-state index in [9.17, 15) is 4.79 Å². The van der Waals surface area contributed by atoms with Crippen molar-refractivity contribution < 1.29 is 14.6 Å². The summed E-state index contributed by atoms with van der Waals surface area (Å²) in [6.45, 7) is 2.19. The second-order valence-corrected chi connectivity index (χ2v) is 5.70. The van der Waals surface area contributed by atoms with Crippen LogP contribution in [0, 0.1) is 5.92 Å². The fourth-order valence-electron chi connectivity index (χ4n) is 2.08. The molecule has 0 aliphatic heterocycles. The topological polar surface area (TPSA) is 49.8 Å². The molecule has 0 bridgehead atoms. The van der Waals surface area contributed by atoms with Gasteiger partial charge in [0.1, 0.15) is 0 Å². The Bertz CT molecular complexity index is 526. The zero-order valence-corrected chi connectivity index (χ0v) is 12.8. The molecule has 5 heteroatoms. The quantitative estimate of drug-likeness (QED) is 0.591. The summed E-state index contributed by atoms with van der Waals surface area (Å²) in [5.41, 5.74) is 1.61. The van der Waals surface area contributed by atoms with Crippen molar-refractivity contribution in [3.8, 4) is 0 Å². The van der Waals surface area contributed by atoms with Crippen LogP contribution in [0.5, 0.6) is 0 Å². The molecule has 0 radical (unpaired) electrons. The lowest BCUT2D eigenvalue weighted by Gasteiger charge is -2.22. The van der Waals surface area contributed by atoms with Crippen molar-refractivity contribution >= 4 is 29.3 Å².